The molecule has 1 N–H and O–H groups in total. The molecule has 0 aliphatic heterocycles. The lowest BCUT2D eigenvalue weighted by atomic mass is 9.44. The molecule has 4 aliphatic carbocycles. The monoisotopic (exact) mass is 249 g/mol. The van der Waals surface area contributed by atoms with E-state index in [9.17, 15) is 4.79 Å². The molecule has 2 atom stereocenters. The average Bonchev–Trinajstić information content (AvgIpc) is 2.22. The molecule has 4 fully saturated rings. The maximum Gasteiger partial charge on any atom is 0.222 e. The summed E-state index contributed by atoms with van der Waals surface area (Å²) in [5.74, 6) is 2.25. The van der Waals surface area contributed by atoms with Crippen LogP contribution in [-0.4, -0.2) is 12.5 Å². The summed E-state index contributed by atoms with van der Waals surface area (Å²) in [4.78, 5) is 11.8. The maximum absolute atomic E-state index is 11.8. The lowest BCUT2D eigenvalue weighted by molar-refractivity contribution is -0.129. The first-order valence-corrected chi connectivity index (χ1v) is 7.68. The molecule has 4 rings (SSSR count). The van der Waals surface area contributed by atoms with E-state index in [1.165, 1.54) is 38.5 Å². The Kier molecular flexibility index (Phi) is 2.76. The molecule has 0 saturated heterocycles. The molecule has 18 heavy (non-hydrogen) atoms. The summed E-state index contributed by atoms with van der Waals surface area (Å²) < 4.78 is 0. The van der Waals surface area contributed by atoms with Crippen LogP contribution in [0.3, 0.4) is 0 Å². The second kappa shape index (κ2) is 3.98. The van der Waals surface area contributed by atoms with Gasteiger partial charge in [0.15, 0.2) is 0 Å². The second-order valence-electron chi connectivity index (χ2n) is 8.14. The Morgan fingerprint density at radius 1 is 1.22 bits per heavy atom. The van der Waals surface area contributed by atoms with E-state index in [1.54, 1.807) is 0 Å². The quantitative estimate of drug-likeness (QED) is 0.816. The lowest BCUT2D eigenvalue weighted by Gasteiger charge is -2.61. The van der Waals surface area contributed by atoms with Crippen molar-refractivity contribution in [3.05, 3.63) is 0 Å². The van der Waals surface area contributed by atoms with E-state index in [0.717, 1.165) is 18.4 Å². The van der Waals surface area contributed by atoms with Crippen molar-refractivity contribution in [2.24, 2.45) is 28.6 Å². The fourth-order valence-corrected chi connectivity index (χ4v) is 5.61. The van der Waals surface area contributed by atoms with E-state index in [2.05, 4.69) is 12.2 Å². The zero-order valence-corrected chi connectivity index (χ0v) is 12.1. The van der Waals surface area contributed by atoms with Crippen molar-refractivity contribution >= 4 is 5.91 Å². The zero-order chi connectivity index (χ0) is 13.0. The van der Waals surface area contributed by atoms with Gasteiger partial charge in [-0.3, -0.25) is 4.79 Å². The molecule has 0 aromatic heterocycles. The molecule has 2 unspecified atom stereocenters. The van der Waals surface area contributed by atoms with Crippen molar-refractivity contribution in [2.45, 2.75) is 59.3 Å². The first kappa shape index (κ1) is 12.5. The number of carbonyl (C=O) groups is 1. The van der Waals surface area contributed by atoms with Crippen molar-refractivity contribution in [1.82, 2.24) is 5.32 Å². The topological polar surface area (TPSA) is 29.1 Å². The van der Waals surface area contributed by atoms with Crippen LogP contribution in [0.1, 0.15) is 59.3 Å². The van der Waals surface area contributed by atoms with Gasteiger partial charge in [-0.15, -0.1) is 0 Å². The van der Waals surface area contributed by atoms with Crippen molar-refractivity contribution in [3.63, 3.8) is 0 Å². The third-order valence-electron chi connectivity index (χ3n) is 5.64. The van der Waals surface area contributed by atoms with Crippen LogP contribution in [0.15, 0.2) is 0 Å². The van der Waals surface area contributed by atoms with Gasteiger partial charge >= 0.3 is 0 Å². The van der Waals surface area contributed by atoms with Crippen LogP contribution in [0.4, 0.5) is 0 Å². The second-order valence-corrected chi connectivity index (χ2v) is 8.14. The summed E-state index contributed by atoms with van der Waals surface area (Å²) >= 11 is 0. The third-order valence-corrected chi connectivity index (χ3v) is 5.64. The summed E-state index contributed by atoms with van der Waals surface area (Å²) in [6, 6.07) is 0. The van der Waals surface area contributed by atoms with Gasteiger partial charge in [-0.1, -0.05) is 20.8 Å². The minimum atomic E-state index is 0.120. The first-order valence-electron chi connectivity index (χ1n) is 7.68. The van der Waals surface area contributed by atoms with Gasteiger partial charge in [0.1, 0.15) is 0 Å². The van der Waals surface area contributed by atoms with Crippen LogP contribution >= 0.6 is 0 Å². The summed E-state index contributed by atoms with van der Waals surface area (Å²) in [6.07, 6.45) is 8.46. The van der Waals surface area contributed by atoms with Gasteiger partial charge in [0.25, 0.3) is 0 Å². The van der Waals surface area contributed by atoms with Gasteiger partial charge < -0.3 is 5.32 Å². The van der Waals surface area contributed by atoms with E-state index in [0.29, 0.717) is 10.8 Å². The normalized spacial score (nSPS) is 45.6. The lowest BCUT2D eigenvalue weighted by Crippen LogP contribution is -2.54. The molecule has 2 heteroatoms. The Morgan fingerprint density at radius 2 is 1.83 bits per heavy atom. The molecule has 1 amide bonds. The SMILES string of the molecule is CC(C)C(=O)NCC12CC3CC(CC(C)(C3)C1)C2. The minimum absolute atomic E-state index is 0.120. The Morgan fingerprint density at radius 3 is 2.33 bits per heavy atom. The molecule has 102 valence electrons. The highest BCUT2D eigenvalue weighted by atomic mass is 16.1. The number of nitrogens with one attached hydrogen (secondary N) is 1. The highest BCUT2D eigenvalue weighted by Crippen LogP contribution is 2.64. The van der Waals surface area contributed by atoms with Crippen LogP contribution < -0.4 is 5.32 Å². The van der Waals surface area contributed by atoms with E-state index >= 15 is 0 Å². The number of carbonyl (C=O) groups excluding carboxylic acids is 1. The predicted molar refractivity (Wildman–Crippen MR) is 73.1 cm³/mol. The van der Waals surface area contributed by atoms with Crippen molar-refractivity contribution in [2.75, 3.05) is 6.54 Å². The summed E-state index contributed by atoms with van der Waals surface area (Å²) in [6.45, 7) is 7.39. The fourth-order valence-electron chi connectivity index (χ4n) is 5.61. The van der Waals surface area contributed by atoms with Crippen molar-refractivity contribution in [1.29, 1.82) is 0 Å². The zero-order valence-electron chi connectivity index (χ0n) is 12.1. The van der Waals surface area contributed by atoms with Gasteiger partial charge in [-0.05, 0) is 61.2 Å². The molecular formula is C16H27NO. The third kappa shape index (κ3) is 2.08. The Balaban J connectivity index is 1.70. The first-order chi connectivity index (χ1) is 8.40. The number of rotatable bonds is 3. The van der Waals surface area contributed by atoms with E-state index < -0.39 is 0 Å². The van der Waals surface area contributed by atoms with Gasteiger partial charge in [0, 0.05) is 12.5 Å². The summed E-state index contributed by atoms with van der Waals surface area (Å²) in [5, 5.41) is 3.22. The maximum atomic E-state index is 11.8. The van der Waals surface area contributed by atoms with Crippen LogP contribution in [0, 0.1) is 28.6 Å². The summed E-state index contributed by atoms with van der Waals surface area (Å²) in [7, 11) is 0. The van der Waals surface area contributed by atoms with Crippen LogP contribution in [0.5, 0.6) is 0 Å². The molecule has 4 saturated carbocycles. The molecule has 0 spiro atoms. The van der Waals surface area contributed by atoms with E-state index in [1.807, 2.05) is 13.8 Å². The van der Waals surface area contributed by atoms with Crippen LogP contribution in [0.25, 0.3) is 0 Å². The van der Waals surface area contributed by atoms with Gasteiger partial charge in [-0.2, -0.15) is 0 Å². The van der Waals surface area contributed by atoms with Gasteiger partial charge in [0.2, 0.25) is 5.91 Å². The molecule has 0 heterocycles. The van der Waals surface area contributed by atoms with Crippen LogP contribution in [-0.2, 0) is 4.79 Å². The highest BCUT2D eigenvalue weighted by Gasteiger charge is 2.55. The van der Waals surface area contributed by atoms with Crippen LogP contribution in [0.2, 0.25) is 0 Å². The Hall–Kier alpha value is -0.530. The average molecular weight is 249 g/mol. The highest BCUT2D eigenvalue weighted by molar-refractivity contribution is 5.77. The van der Waals surface area contributed by atoms with Gasteiger partial charge in [-0.25, -0.2) is 0 Å². The molecule has 0 aromatic carbocycles. The number of hydrogen-bond acceptors (Lipinski definition) is 1. The standard InChI is InChI=1S/C16H27NO/c1-11(2)14(18)17-10-16-7-12-4-13(8-16)6-15(3,5-12)9-16/h11-13H,4-10H2,1-3H3,(H,17,18). The molecule has 4 aliphatic rings. The smallest absolute Gasteiger partial charge is 0.222 e. The van der Waals surface area contributed by atoms with Crippen molar-refractivity contribution in [3.8, 4) is 0 Å². The molecule has 2 nitrogen and oxygen atoms in total. The largest absolute Gasteiger partial charge is 0.355 e. The Labute approximate surface area is 111 Å². The molecular weight excluding hydrogens is 222 g/mol. The molecule has 0 aromatic rings. The van der Waals surface area contributed by atoms with E-state index in [-0.39, 0.29) is 11.8 Å². The molecule has 0 radical (unpaired) electrons. The predicted octanol–water partition coefficient (Wildman–Crippen LogP) is 3.37. The van der Waals surface area contributed by atoms with E-state index in [4.69, 9.17) is 0 Å². The number of amides is 1. The summed E-state index contributed by atoms with van der Waals surface area (Å²) in [5.41, 5.74) is 1.04. The Bertz CT molecular complexity index is 346. The van der Waals surface area contributed by atoms with Crippen molar-refractivity contribution < 1.29 is 4.79 Å². The minimum Gasteiger partial charge on any atom is -0.355 e. The fraction of sp³-hybridized carbons (Fsp3) is 0.938. The molecule has 4 bridgehead atoms. The number of hydrogen-bond donors (Lipinski definition) is 1. The van der Waals surface area contributed by atoms with Gasteiger partial charge in [0.05, 0.1) is 0 Å².